The topological polar surface area (TPSA) is 107 Å². The third-order valence-electron chi connectivity index (χ3n) is 2.62. The van der Waals surface area contributed by atoms with Gasteiger partial charge in [-0.15, -0.1) is 0 Å². The maximum atomic E-state index is 11.7. The zero-order valence-electron chi connectivity index (χ0n) is 11.0. The smallest absolute Gasteiger partial charge is 0.292 e. The molecule has 0 aliphatic heterocycles. The number of nitrogen functional groups attached to an aromatic ring is 1. The number of amides is 1. The molecule has 2 aromatic carbocycles. The van der Waals surface area contributed by atoms with Crippen LogP contribution in [-0.4, -0.2) is 17.4 Å². The molecule has 21 heavy (non-hydrogen) atoms. The lowest BCUT2D eigenvalue weighted by atomic mass is 10.2. The Kier molecular flexibility index (Phi) is 4.35. The van der Waals surface area contributed by atoms with Gasteiger partial charge in [-0.25, -0.2) is 0 Å². The average molecular weight is 287 g/mol. The van der Waals surface area contributed by atoms with Crippen molar-refractivity contribution in [3.05, 3.63) is 58.6 Å². The lowest BCUT2D eigenvalue weighted by Crippen LogP contribution is -2.20. The van der Waals surface area contributed by atoms with Crippen LogP contribution in [-0.2, 0) is 4.79 Å². The van der Waals surface area contributed by atoms with E-state index >= 15 is 0 Å². The zero-order chi connectivity index (χ0) is 15.2. The first-order valence-corrected chi connectivity index (χ1v) is 6.08. The van der Waals surface area contributed by atoms with Gasteiger partial charge in [-0.1, -0.05) is 12.1 Å². The summed E-state index contributed by atoms with van der Waals surface area (Å²) < 4.78 is 5.26. The number of para-hydroxylation sites is 2. The van der Waals surface area contributed by atoms with E-state index in [1.54, 1.807) is 30.3 Å². The Bertz CT molecular complexity index is 656. The lowest BCUT2D eigenvalue weighted by Gasteiger charge is -2.08. The number of benzene rings is 2. The normalized spacial score (nSPS) is 9.90. The Morgan fingerprint density at radius 1 is 1.19 bits per heavy atom. The van der Waals surface area contributed by atoms with Crippen LogP contribution in [0.5, 0.6) is 5.75 Å². The minimum absolute atomic E-state index is 0.133. The number of nitrogens with two attached hydrogens (primary N) is 1. The highest BCUT2D eigenvalue weighted by molar-refractivity contribution is 5.94. The molecular weight excluding hydrogens is 274 g/mol. The number of carbonyl (C=O) groups is 1. The summed E-state index contributed by atoms with van der Waals surface area (Å²) in [4.78, 5) is 22.0. The number of hydrogen-bond donors (Lipinski definition) is 2. The Hall–Kier alpha value is -3.09. The van der Waals surface area contributed by atoms with Gasteiger partial charge in [0.1, 0.15) is 11.4 Å². The fourth-order valence-corrected chi connectivity index (χ4v) is 1.64. The second-order valence-corrected chi connectivity index (χ2v) is 4.18. The molecule has 2 rings (SSSR count). The SMILES string of the molecule is Nc1ccc(OCC(=O)Nc2ccccc2[N+](=O)[O-])cc1. The Balaban J connectivity index is 1.96. The molecule has 3 N–H and O–H groups in total. The minimum Gasteiger partial charge on any atom is -0.484 e. The second kappa shape index (κ2) is 6.38. The molecule has 1 amide bonds. The molecule has 108 valence electrons. The second-order valence-electron chi connectivity index (χ2n) is 4.18. The number of nitro groups is 1. The first-order chi connectivity index (χ1) is 10.1. The van der Waals surface area contributed by atoms with Crippen LogP contribution in [0.4, 0.5) is 17.1 Å². The third-order valence-corrected chi connectivity index (χ3v) is 2.62. The number of rotatable bonds is 5. The van der Waals surface area contributed by atoms with Gasteiger partial charge >= 0.3 is 0 Å². The summed E-state index contributed by atoms with van der Waals surface area (Å²) in [5.74, 6) is 0.00281. The molecule has 0 bridgehead atoms. The van der Waals surface area contributed by atoms with Gasteiger partial charge in [-0.05, 0) is 30.3 Å². The van der Waals surface area contributed by atoms with Crippen molar-refractivity contribution in [3.63, 3.8) is 0 Å². The quantitative estimate of drug-likeness (QED) is 0.498. The molecule has 0 aliphatic carbocycles. The Morgan fingerprint density at radius 2 is 1.86 bits per heavy atom. The van der Waals surface area contributed by atoms with Crippen LogP contribution in [0.1, 0.15) is 0 Å². The van der Waals surface area contributed by atoms with E-state index < -0.39 is 10.8 Å². The summed E-state index contributed by atoms with van der Waals surface area (Å²) in [6.07, 6.45) is 0. The van der Waals surface area contributed by atoms with E-state index in [9.17, 15) is 14.9 Å². The number of nitrogens with zero attached hydrogens (tertiary/aromatic N) is 1. The van der Waals surface area contributed by atoms with Crippen molar-refractivity contribution < 1.29 is 14.5 Å². The summed E-state index contributed by atoms with van der Waals surface area (Å²) in [6.45, 7) is -0.254. The van der Waals surface area contributed by atoms with Gasteiger partial charge in [-0.2, -0.15) is 0 Å². The Labute approximate surface area is 120 Å². The van der Waals surface area contributed by atoms with Gasteiger partial charge in [0.05, 0.1) is 4.92 Å². The van der Waals surface area contributed by atoms with Crippen LogP contribution in [0.15, 0.2) is 48.5 Å². The average Bonchev–Trinajstić information content (AvgIpc) is 2.47. The van der Waals surface area contributed by atoms with Crippen molar-refractivity contribution in [1.29, 1.82) is 0 Å². The molecule has 0 saturated carbocycles. The number of nitro benzene ring substituents is 1. The highest BCUT2D eigenvalue weighted by Gasteiger charge is 2.14. The number of hydrogen-bond acceptors (Lipinski definition) is 5. The third kappa shape index (κ3) is 3.93. The van der Waals surface area contributed by atoms with E-state index in [2.05, 4.69) is 5.32 Å². The molecule has 0 atom stereocenters. The predicted octanol–water partition coefficient (Wildman–Crippen LogP) is 2.19. The molecule has 7 heteroatoms. The standard InChI is InChI=1S/C14H13N3O4/c15-10-5-7-11(8-6-10)21-9-14(18)16-12-3-1-2-4-13(12)17(19)20/h1-8H,9,15H2,(H,16,18). The van der Waals surface area contributed by atoms with Crippen LogP contribution in [0, 0.1) is 10.1 Å². The van der Waals surface area contributed by atoms with Crippen molar-refractivity contribution in [2.24, 2.45) is 0 Å². The van der Waals surface area contributed by atoms with Crippen LogP contribution >= 0.6 is 0 Å². The highest BCUT2D eigenvalue weighted by Crippen LogP contribution is 2.23. The van der Waals surface area contributed by atoms with E-state index in [1.165, 1.54) is 18.2 Å². The van der Waals surface area contributed by atoms with Gasteiger partial charge in [-0.3, -0.25) is 14.9 Å². The number of ether oxygens (including phenoxy) is 1. The molecular formula is C14H13N3O4. The van der Waals surface area contributed by atoms with Crippen molar-refractivity contribution >= 4 is 23.0 Å². The zero-order valence-corrected chi connectivity index (χ0v) is 11.0. The van der Waals surface area contributed by atoms with Gasteiger partial charge in [0.15, 0.2) is 6.61 Å². The molecule has 0 spiro atoms. The number of anilines is 2. The van der Waals surface area contributed by atoms with Crippen LogP contribution in [0.2, 0.25) is 0 Å². The summed E-state index contributed by atoms with van der Waals surface area (Å²) in [7, 11) is 0. The van der Waals surface area contributed by atoms with Crippen LogP contribution in [0.25, 0.3) is 0 Å². The predicted molar refractivity (Wildman–Crippen MR) is 78.1 cm³/mol. The fraction of sp³-hybridized carbons (Fsp3) is 0.0714. The molecule has 0 heterocycles. The largest absolute Gasteiger partial charge is 0.484 e. The van der Waals surface area contributed by atoms with Crippen molar-refractivity contribution in [2.45, 2.75) is 0 Å². The summed E-state index contributed by atoms with van der Waals surface area (Å²) >= 11 is 0. The molecule has 7 nitrogen and oxygen atoms in total. The summed E-state index contributed by atoms with van der Waals surface area (Å²) in [5, 5.41) is 13.3. The summed E-state index contributed by atoms with van der Waals surface area (Å²) in [6, 6.07) is 12.5. The van der Waals surface area contributed by atoms with Crippen molar-refractivity contribution in [1.82, 2.24) is 0 Å². The van der Waals surface area contributed by atoms with Gasteiger partial charge in [0.25, 0.3) is 11.6 Å². The summed E-state index contributed by atoms with van der Waals surface area (Å²) in [5.41, 5.74) is 6.09. The number of carbonyl (C=O) groups excluding carboxylic acids is 1. The first-order valence-electron chi connectivity index (χ1n) is 6.08. The van der Waals surface area contributed by atoms with Crippen LogP contribution < -0.4 is 15.8 Å². The van der Waals surface area contributed by atoms with Crippen LogP contribution in [0.3, 0.4) is 0 Å². The van der Waals surface area contributed by atoms with E-state index in [-0.39, 0.29) is 18.0 Å². The van der Waals surface area contributed by atoms with E-state index in [0.717, 1.165) is 0 Å². The molecule has 2 aromatic rings. The van der Waals surface area contributed by atoms with E-state index in [0.29, 0.717) is 11.4 Å². The lowest BCUT2D eigenvalue weighted by molar-refractivity contribution is -0.383. The minimum atomic E-state index is -0.559. The Morgan fingerprint density at radius 3 is 2.52 bits per heavy atom. The monoisotopic (exact) mass is 287 g/mol. The molecule has 0 radical (unpaired) electrons. The maximum Gasteiger partial charge on any atom is 0.292 e. The van der Waals surface area contributed by atoms with Gasteiger partial charge < -0.3 is 15.8 Å². The fourth-order valence-electron chi connectivity index (χ4n) is 1.64. The van der Waals surface area contributed by atoms with Gasteiger partial charge in [0.2, 0.25) is 0 Å². The maximum absolute atomic E-state index is 11.7. The highest BCUT2D eigenvalue weighted by atomic mass is 16.6. The van der Waals surface area contributed by atoms with Gasteiger partial charge in [0, 0.05) is 11.8 Å². The first kappa shape index (κ1) is 14.3. The number of nitrogens with one attached hydrogen (secondary N) is 1. The van der Waals surface area contributed by atoms with Crippen molar-refractivity contribution in [3.8, 4) is 5.75 Å². The van der Waals surface area contributed by atoms with E-state index in [1.807, 2.05) is 0 Å². The molecule has 0 fully saturated rings. The van der Waals surface area contributed by atoms with Crippen molar-refractivity contribution in [2.75, 3.05) is 17.7 Å². The van der Waals surface area contributed by atoms with E-state index in [4.69, 9.17) is 10.5 Å². The molecule has 0 aromatic heterocycles. The molecule has 0 saturated heterocycles. The molecule has 0 aliphatic rings. The molecule has 0 unspecified atom stereocenters.